The Morgan fingerprint density at radius 1 is 0.973 bits per heavy atom. The molecule has 0 aromatic rings. The third kappa shape index (κ3) is 5.73. The standard InChI is InChI=1S/C34H59NO2/c1-9-35(10-2)22-26-20-28-30-15-14-29(24(5)13-11-12-23(3)4)33(30,7)19-17-31(28)34(8)18-16-27(21-32(26)34)37-25(6)36/h23-24,27-31H,9-22H2,1-8H3/t24-,27+,28+,29-,30+,31+,33-,34-/m1/s1. The van der Waals surface area contributed by atoms with Crippen molar-refractivity contribution >= 4 is 5.97 Å². The number of esters is 1. The quantitative estimate of drug-likeness (QED) is 0.216. The molecule has 4 rings (SSSR count). The van der Waals surface area contributed by atoms with E-state index >= 15 is 0 Å². The molecule has 0 bridgehead atoms. The second kappa shape index (κ2) is 11.7. The SMILES string of the molecule is CCN(CC)CC1=C2C[C@@H](OC(C)=O)CC[C@]2(C)[C@H]2CC[C@]3(C)[C@@H]([C@H](C)CCCC(C)C)CC[C@H]3[C@@H]2C1. The molecule has 0 N–H and O–H groups in total. The van der Waals surface area contributed by atoms with Gasteiger partial charge in [0, 0.05) is 19.9 Å². The highest BCUT2D eigenvalue weighted by Crippen LogP contribution is 2.68. The number of carbonyl (C=O) groups is 1. The molecule has 4 aliphatic carbocycles. The summed E-state index contributed by atoms with van der Waals surface area (Å²) in [6.45, 7) is 22.2. The lowest BCUT2D eigenvalue weighted by Crippen LogP contribution is -2.52. The van der Waals surface area contributed by atoms with Crippen molar-refractivity contribution in [2.75, 3.05) is 19.6 Å². The normalized spacial score (nSPS) is 38.4. The maximum atomic E-state index is 11.8. The molecule has 3 saturated carbocycles. The Morgan fingerprint density at radius 3 is 2.35 bits per heavy atom. The van der Waals surface area contributed by atoms with Gasteiger partial charge in [-0.05, 0) is 104 Å². The molecule has 3 heteroatoms. The molecular formula is C34H59NO2. The predicted octanol–water partition coefficient (Wildman–Crippen LogP) is 8.67. The first-order valence-corrected chi connectivity index (χ1v) is 16.1. The highest BCUT2D eigenvalue weighted by molar-refractivity contribution is 5.66. The zero-order chi connectivity index (χ0) is 27.0. The van der Waals surface area contributed by atoms with Crippen molar-refractivity contribution in [3.63, 3.8) is 0 Å². The highest BCUT2D eigenvalue weighted by Gasteiger charge is 2.60. The van der Waals surface area contributed by atoms with E-state index in [1.54, 1.807) is 18.1 Å². The lowest BCUT2D eigenvalue weighted by atomic mass is 9.46. The molecule has 37 heavy (non-hydrogen) atoms. The molecule has 8 atom stereocenters. The fourth-order valence-corrected chi connectivity index (χ4v) is 10.1. The van der Waals surface area contributed by atoms with Gasteiger partial charge in [-0.3, -0.25) is 9.69 Å². The number of fused-ring (bicyclic) bond motifs is 5. The van der Waals surface area contributed by atoms with E-state index in [-0.39, 0.29) is 12.1 Å². The van der Waals surface area contributed by atoms with Crippen molar-refractivity contribution in [1.29, 1.82) is 0 Å². The lowest BCUT2D eigenvalue weighted by molar-refractivity contribution is -0.148. The van der Waals surface area contributed by atoms with E-state index in [2.05, 4.69) is 53.4 Å². The van der Waals surface area contributed by atoms with Crippen LogP contribution in [-0.2, 0) is 9.53 Å². The topological polar surface area (TPSA) is 29.5 Å². The summed E-state index contributed by atoms with van der Waals surface area (Å²) in [6, 6.07) is 0. The molecule has 0 aromatic heterocycles. The highest BCUT2D eigenvalue weighted by atomic mass is 16.5. The summed E-state index contributed by atoms with van der Waals surface area (Å²) >= 11 is 0. The van der Waals surface area contributed by atoms with Gasteiger partial charge in [-0.25, -0.2) is 0 Å². The number of hydrogen-bond donors (Lipinski definition) is 0. The first kappa shape index (κ1) is 29.2. The predicted molar refractivity (Wildman–Crippen MR) is 155 cm³/mol. The zero-order valence-corrected chi connectivity index (χ0v) is 25.7. The van der Waals surface area contributed by atoms with E-state index in [1.807, 2.05) is 0 Å². The van der Waals surface area contributed by atoms with Crippen LogP contribution >= 0.6 is 0 Å². The number of rotatable bonds is 10. The van der Waals surface area contributed by atoms with Crippen LogP contribution in [0.4, 0.5) is 0 Å². The van der Waals surface area contributed by atoms with Gasteiger partial charge < -0.3 is 4.74 Å². The van der Waals surface area contributed by atoms with Gasteiger partial charge in [0.15, 0.2) is 0 Å². The fraction of sp³-hybridized carbons (Fsp3) is 0.912. The van der Waals surface area contributed by atoms with Crippen molar-refractivity contribution in [2.45, 2.75) is 132 Å². The number of nitrogens with zero attached hydrogens (tertiary/aromatic N) is 1. The first-order valence-electron chi connectivity index (χ1n) is 16.1. The number of ether oxygens (including phenoxy) is 1. The molecule has 0 aromatic carbocycles. The maximum absolute atomic E-state index is 11.8. The fourth-order valence-electron chi connectivity index (χ4n) is 10.1. The van der Waals surface area contributed by atoms with Gasteiger partial charge in [0.25, 0.3) is 0 Å². The Morgan fingerprint density at radius 2 is 1.70 bits per heavy atom. The van der Waals surface area contributed by atoms with Crippen LogP contribution in [0, 0.1) is 46.3 Å². The smallest absolute Gasteiger partial charge is 0.302 e. The van der Waals surface area contributed by atoms with Gasteiger partial charge in [0.2, 0.25) is 0 Å². The van der Waals surface area contributed by atoms with Crippen molar-refractivity contribution < 1.29 is 9.53 Å². The molecule has 0 radical (unpaired) electrons. The molecule has 212 valence electrons. The zero-order valence-electron chi connectivity index (χ0n) is 25.7. The van der Waals surface area contributed by atoms with Crippen molar-refractivity contribution in [1.82, 2.24) is 4.90 Å². The summed E-state index contributed by atoms with van der Waals surface area (Å²) in [7, 11) is 0. The van der Waals surface area contributed by atoms with Crippen molar-refractivity contribution in [2.24, 2.45) is 46.3 Å². The number of hydrogen-bond acceptors (Lipinski definition) is 3. The molecule has 4 aliphatic rings. The monoisotopic (exact) mass is 513 g/mol. The van der Waals surface area contributed by atoms with Crippen molar-refractivity contribution in [3.05, 3.63) is 11.1 Å². The maximum Gasteiger partial charge on any atom is 0.302 e. The Bertz CT molecular complexity index is 828. The number of likely N-dealkylation sites (N-methyl/N-ethyl adjacent to an activating group) is 1. The van der Waals surface area contributed by atoms with Gasteiger partial charge in [-0.1, -0.05) is 78.9 Å². The Balaban J connectivity index is 1.60. The summed E-state index contributed by atoms with van der Waals surface area (Å²) in [6.07, 6.45) is 14.6. The van der Waals surface area contributed by atoms with E-state index in [1.165, 1.54) is 57.8 Å². The van der Waals surface area contributed by atoms with Crippen LogP contribution in [0.3, 0.4) is 0 Å². The minimum Gasteiger partial charge on any atom is -0.462 e. The van der Waals surface area contributed by atoms with E-state index in [0.717, 1.165) is 68.0 Å². The number of carbonyl (C=O) groups excluding carboxylic acids is 1. The van der Waals surface area contributed by atoms with Gasteiger partial charge in [0.05, 0.1) is 0 Å². The molecular weight excluding hydrogens is 454 g/mol. The Hall–Kier alpha value is -0.830. The van der Waals surface area contributed by atoms with Crippen molar-refractivity contribution in [3.8, 4) is 0 Å². The average molecular weight is 514 g/mol. The van der Waals surface area contributed by atoms with Crippen LogP contribution in [0.25, 0.3) is 0 Å². The second-order valence-electron chi connectivity index (χ2n) is 14.5. The van der Waals surface area contributed by atoms with E-state index in [0.29, 0.717) is 10.8 Å². The van der Waals surface area contributed by atoms with Gasteiger partial charge in [0.1, 0.15) is 6.10 Å². The van der Waals surface area contributed by atoms with Gasteiger partial charge >= 0.3 is 5.97 Å². The summed E-state index contributed by atoms with van der Waals surface area (Å²) in [4.78, 5) is 14.5. The molecule has 3 fully saturated rings. The average Bonchev–Trinajstić information content (AvgIpc) is 3.20. The minimum atomic E-state index is -0.110. The van der Waals surface area contributed by atoms with Crippen LogP contribution in [0.1, 0.15) is 126 Å². The molecule has 0 spiro atoms. The van der Waals surface area contributed by atoms with Gasteiger partial charge in [-0.15, -0.1) is 0 Å². The van der Waals surface area contributed by atoms with E-state index in [4.69, 9.17) is 4.74 Å². The third-order valence-electron chi connectivity index (χ3n) is 12.1. The van der Waals surface area contributed by atoms with E-state index < -0.39 is 0 Å². The third-order valence-corrected chi connectivity index (χ3v) is 12.1. The summed E-state index contributed by atoms with van der Waals surface area (Å²) in [5.74, 6) is 5.05. The lowest BCUT2D eigenvalue weighted by Gasteiger charge is -2.60. The first-order chi connectivity index (χ1) is 17.5. The van der Waals surface area contributed by atoms with Crippen LogP contribution in [0.15, 0.2) is 11.1 Å². The molecule has 0 saturated heterocycles. The van der Waals surface area contributed by atoms with Gasteiger partial charge in [-0.2, -0.15) is 0 Å². The summed E-state index contributed by atoms with van der Waals surface area (Å²) in [5.41, 5.74) is 4.24. The molecule has 0 aliphatic heterocycles. The minimum absolute atomic E-state index is 0.0836. The van der Waals surface area contributed by atoms with Crippen LogP contribution in [0.2, 0.25) is 0 Å². The van der Waals surface area contributed by atoms with Crippen LogP contribution in [-0.4, -0.2) is 36.6 Å². The summed E-state index contributed by atoms with van der Waals surface area (Å²) in [5, 5.41) is 0. The Kier molecular flexibility index (Phi) is 9.24. The summed E-state index contributed by atoms with van der Waals surface area (Å²) < 4.78 is 5.81. The molecule has 0 amide bonds. The largest absolute Gasteiger partial charge is 0.462 e. The van der Waals surface area contributed by atoms with Crippen LogP contribution in [0.5, 0.6) is 0 Å². The molecule has 3 nitrogen and oxygen atoms in total. The molecule has 0 unspecified atom stereocenters. The molecule has 0 heterocycles. The van der Waals surface area contributed by atoms with E-state index in [9.17, 15) is 4.79 Å². The second-order valence-corrected chi connectivity index (χ2v) is 14.5. The Labute approximate surface area is 229 Å². The van der Waals surface area contributed by atoms with Crippen LogP contribution < -0.4 is 0 Å².